The van der Waals surface area contributed by atoms with Crippen molar-refractivity contribution < 1.29 is 49.5 Å². The molecule has 4 rings (SSSR count). The lowest BCUT2D eigenvalue weighted by Gasteiger charge is -2.17. The Balaban J connectivity index is 0.000000616. The zero-order valence-electron chi connectivity index (χ0n) is 21.8. The van der Waals surface area contributed by atoms with Crippen molar-refractivity contribution in [3.05, 3.63) is 71.9 Å². The molecule has 3 aromatic rings. The fraction of sp³-hybridized carbons (Fsp3) is 0.269. The molecule has 226 valence electrons. The minimum atomic E-state index is -5.08. The van der Waals surface area contributed by atoms with E-state index in [0.717, 1.165) is 24.6 Å². The van der Waals surface area contributed by atoms with Crippen molar-refractivity contribution in [3.8, 4) is 0 Å². The Hall–Kier alpha value is -4.34. The van der Waals surface area contributed by atoms with Crippen LogP contribution in [0, 0.1) is 0 Å². The van der Waals surface area contributed by atoms with E-state index in [1.807, 2.05) is 0 Å². The van der Waals surface area contributed by atoms with Crippen molar-refractivity contribution in [2.24, 2.45) is 0 Å². The Bertz CT molecular complexity index is 1540. The first-order valence-electron chi connectivity index (χ1n) is 12.0. The molecule has 42 heavy (non-hydrogen) atoms. The van der Waals surface area contributed by atoms with Gasteiger partial charge in [-0.05, 0) is 48.4 Å². The van der Waals surface area contributed by atoms with E-state index in [2.05, 4.69) is 15.6 Å². The highest BCUT2D eigenvalue weighted by Crippen LogP contribution is 2.36. The molecule has 1 saturated heterocycles. The molecular weight excluding hydrogens is 594 g/mol. The molecule has 1 aliphatic heterocycles. The lowest BCUT2D eigenvalue weighted by molar-refractivity contribution is -0.192. The van der Waals surface area contributed by atoms with Crippen LogP contribution in [0.2, 0.25) is 0 Å². The van der Waals surface area contributed by atoms with E-state index in [-0.39, 0.29) is 28.9 Å². The maximum atomic E-state index is 13.6. The van der Waals surface area contributed by atoms with Crippen molar-refractivity contribution in [1.29, 1.82) is 0 Å². The van der Waals surface area contributed by atoms with Crippen molar-refractivity contribution in [2.75, 3.05) is 28.3 Å². The molecule has 3 N–H and O–H groups in total. The molecule has 9 nitrogen and oxygen atoms in total. The fourth-order valence-electron chi connectivity index (χ4n) is 3.77. The number of hydrogen-bond donors (Lipinski definition) is 3. The predicted molar refractivity (Wildman–Crippen MR) is 141 cm³/mol. The van der Waals surface area contributed by atoms with Crippen molar-refractivity contribution in [1.82, 2.24) is 4.98 Å². The molecular formula is C26H24F6N4O5S. The SMILES string of the molecule is CS(=O)(=O)c1cccc(CNc2cc(Nc3ccc(N4CCCC4=O)cc3)ncc2C(F)(F)F)c1.O=C(O)C(F)(F)F. The standard InChI is InChI=1S/C24H23F3N4O3S.C2HF3O2/c1-35(33,34)19-5-2-4-16(12-19)14-28-21-13-22(29-15-20(21)24(25,26)27)30-17-7-9-18(10-8-17)31-11-3-6-23(31)32;3-2(4,5)1(6)7/h2,4-5,7-10,12-13,15H,3,6,11,14H2,1H3,(H2,28,29,30);(H,6,7). The first kappa shape index (κ1) is 32.2. The quantitative estimate of drug-likeness (QED) is 0.291. The number of nitrogens with one attached hydrogen (secondary N) is 2. The summed E-state index contributed by atoms with van der Waals surface area (Å²) in [5.74, 6) is -2.50. The number of carboxylic acids is 1. The van der Waals surface area contributed by atoms with Gasteiger partial charge in [0, 0.05) is 49.4 Å². The van der Waals surface area contributed by atoms with E-state index in [1.54, 1.807) is 35.2 Å². The molecule has 0 spiro atoms. The highest BCUT2D eigenvalue weighted by Gasteiger charge is 2.38. The molecule has 1 aliphatic rings. The van der Waals surface area contributed by atoms with Crippen LogP contribution < -0.4 is 15.5 Å². The van der Waals surface area contributed by atoms with Crippen LogP contribution in [0.5, 0.6) is 0 Å². The summed E-state index contributed by atoms with van der Waals surface area (Å²) in [6.45, 7) is 0.642. The Labute approximate surface area is 236 Å². The largest absolute Gasteiger partial charge is 0.490 e. The number of carbonyl (C=O) groups is 2. The van der Waals surface area contributed by atoms with E-state index in [4.69, 9.17) is 9.90 Å². The highest BCUT2D eigenvalue weighted by molar-refractivity contribution is 7.90. The first-order chi connectivity index (χ1) is 19.4. The molecule has 0 unspecified atom stereocenters. The van der Waals surface area contributed by atoms with E-state index in [0.29, 0.717) is 24.2 Å². The predicted octanol–water partition coefficient (Wildman–Crippen LogP) is 5.62. The highest BCUT2D eigenvalue weighted by atomic mass is 32.2. The number of pyridine rings is 1. The van der Waals surface area contributed by atoms with Gasteiger partial charge in [0.1, 0.15) is 5.82 Å². The number of aromatic nitrogens is 1. The van der Waals surface area contributed by atoms with E-state index >= 15 is 0 Å². The number of hydrogen-bond acceptors (Lipinski definition) is 7. The number of amides is 1. The summed E-state index contributed by atoms with van der Waals surface area (Å²) in [4.78, 5) is 26.5. The number of aliphatic carboxylic acids is 1. The van der Waals surface area contributed by atoms with Gasteiger partial charge in [0.15, 0.2) is 9.84 Å². The average molecular weight is 619 g/mol. The number of rotatable bonds is 7. The third kappa shape index (κ3) is 8.83. The summed E-state index contributed by atoms with van der Waals surface area (Å²) in [5, 5.41) is 12.9. The van der Waals surface area contributed by atoms with Crippen LogP contribution in [0.4, 0.5) is 49.2 Å². The number of carbonyl (C=O) groups excluding carboxylic acids is 1. The van der Waals surface area contributed by atoms with Gasteiger partial charge in [-0.25, -0.2) is 18.2 Å². The monoisotopic (exact) mass is 618 g/mol. The number of halogens is 6. The van der Waals surface area contributed by atoms with E-state index in [1.165, 1.54) is 24.3 Å². The number of benzene rings is 2. The van der Waals surface area contributed by atoms with Gasteiger partial charge in [0.2, 0.25) is 5.91 Å². The van der Waals surface area contributed by atoms with Gasteiger partial charge in [-0.1, -0.05) is 12.1 Å². The minimum Gasteiger partial charge on any atom is -0.475 e. The topological polar surface area (TPSA) is 129 Å². The van der Waals surface area contributed by atoms with Crippen LogP contribution in [-0.4, -0.2) is 49.4 Å². The summed E-state index contributed by atoms with van der Waals surface area (Å²) >= 11 is 0. The molecule has 0 saturated carbocycles. The normalized spacial score (nSPS) is 13.8. The fourth-order valence-corrected chi connectivity index (χ4v) is 4.46. The van der Waals surface area contributed by atoms with Gasteiger partial charge >= 0.3 is 18.3 Å². The molecule has 1 amide bonds. The van der Waals surface area contributed by atoms with Gasteiger partial charge in [-0.2, -0.15) is 26.3 Å². The van der Waals surface area contributed by atoms with Crippen LogP contribution in [0.3, 0.4) is 0 Å². The minimum absolute atomic E-state index is 0.0194. The molecule has 0 bridgehead atoms. The Kier molecular flexibility index (Phi) is 9.71. The maximum Gasteiger partial charge on any atom is 0.490 e. The third-order valence-electron chi connectivity index (χ3n) is 5.79. The van der Waals surface area contributed by atoms with Crippen LogP contribution in [0.1, 0.15) is 24.0 Å². The maximum absolute atomic E-state index is 13.6. The van der Waals surface area contributed by atoms with Crippen LogP contribution in [0.25, 0.3) is 0 Å². The van der Waals surface area contributed by atoms with Crippen molar-refractivity contribution in [3.63, 3.8) is 0 Å². The molecule has 16 heteroatoms. The summed E-state index contributed by atoms with van der Waals surface area (Å²) in [6.07, 6.45) is -6.58. The molecule has 1 aromatic heterocycles. The molecule has 2 aromatic carbocycles. The van der Waals surface area contributed by atoms with E-state index in [9.17, 15) is 39.6 Å². The summed E-state index contributed by atoms with van der Waals surface area (Å²) in [7, 11) is -3.44. The number of sulfone groups is 1. The number of anilines is 4. The number of nitrogens with zero attached hydrogens (tertiary/aromatic N) is 2. The van der Waals surface area contributed by atoms with Crippen LogP contribution in [-0.2, 0) is 32.1 Å². The van der Waals surface area contributed by atoms with Crippen LogP contribution in [0.15, 0.2) is 65.7 Å². The first-order valence-corrected chi connectivity index (χ1v) is 13.9. The lowest BCUT2D eigenvalue weighted by Crippen LogP contribution is -2.23. The molecule has 1 fully saturated rings. The van der Waals surface area contributed by atoms with Gasteiger partial charge in [-0.3, -0.25) is 4.79 Å². The smallest absolute Gasteiger partial charge is 0.475 e. The van der Waals surface area contributed by atoms with Gasteiger partial charge in [0.25, 0.3) is 0 Å². The van der Waals surface area contributed by atoms with Gasteiger partial charge < -0.3 is 20.6 Å². The second kappa shape index (κ2) is 12.7. The molecule has 2 heterocycles. The number of carboxylic acid groups (broad SMARTS) is 1. The Morgan fingerprint density at radius 1 is 1.05 bits per heavy atom. The lowest BCUT2D eigenvalue weighted by atomic mass is 10.2. The van der Waals surface area contributed by atoms with Gasteiger partial charge in [-0.15, -0.1) is 0 Å². The zero-order chi connectivity index (χ0) is 31.3. The Morgan fingerprint density at radius 2 is 1.69 bits per heavy atom. The number of alkyl halides is 6. The summed E-state index contributed by atoms with van der Waals surface area (Å²) in [6, 6.07) is 14.3. The van der Waals surface area contributed by atoms with Crippen LogP contribution >= 0.6 is 0 Å². The Morgan fingerprint density at radius 3 is 2.21 bits per heavy atom. The average Bonchev–Trinajstić information content (AvgIpc) is 3.32. The molecule has 0 radical (unpaired) electrons. The third-order valence-corrected chi connectivity index (χ3v) is 6.90. The van der Waals surface area contributed by atoms with Crippen molar-refractivity contribution in [2.45, 2.75) is 36.6 Å². The van der Waals surface area contributed by atoms with E-state index < -0.39 is 33.7 Å². The zero-order valence-corrected chi connectivity index (χ0v) is 22.6. The summed E-state index contributed by atoms with van der Waals surface area (Å²) < 4.78 is 96.0. The molecule has 0 atom stereocenters. The van der Waals surface area contributed by atoms with Gasteiger partial charge in [0.05, 0.1) is 16.1 Å². The second-order valence-corrected chi connectivity index (χ2v) is 11.0. The van der Waals surface area contributed by atoms with Crippen molar-refractivity contribution >= 4 is 44.6 Å². The second-order valence-electron chi connectivity index (χ2n) is 9.01. The summed E-state index contributed by atoms with van der Waals surface area (Å²) in [5.41, 5.74) is 0.736. The molecule has 0 aliphatic carbocycles.